The molecule has 18 heavy (non-hydrogen) atoms. The number of rotatable bonds is 5. The summed E-state index contributed by atoms with van der Waals surface area (Å²) in [5, 5.41) is 11.4. The molecule has 1 saturated carbocycles. The molecule has 3 rings (SSSR count). The van der Waals surface area contributed by atoms with Gasteiger partial charge in [0.25, 0.3) is 0 Å². The van der Waals surface area contributed by atoms with E-state index in [4.69, 9.17) is 0 Å². The lowest BCUT2D eigenvalue weighted by Crippen LogP contribution is -2.15. The quantitative estimate of drug-likeness (QED) is 0.788. The molecule has 0 aromatic carbocycles. The fourth-order valence-corrected chi connectivity index (χ4v) is 2.35. The molecule has 0 radical (unpaired) electrons. The highest BCUT2D eigenvalue weighted by Gasteiger charge is 2.26. The third-order valence-corrected chi connectivity index (χ3v) is 3.53. The number of carbonyl (C=O) groups is 1. The average molecular weight is 264 g/mol. The molecule has 0 saturated heterocycles. The average Bonchev–Trinajstić information content (AvgIpc) is 2.90. The molecular weight excluding hydrogens is 252 g/mol. The highest BCUT2D eigenvalue weighted by molar-refractivity contribution is 7.99. The number of hydrogen-bond acceptors (Lipinski definition) is 5. The second-order valence-electron chi connectivity index (χ2n) is 4.03. The lowest BCUT2D eigenvalue weighted by atomic mass is 10.7. The summed E-state index contributed by atoms with van der Waals surface area (Å²) >= 11 is 1.39. The molecule has 0 aliphatic heterocycles. The number of aromatic amines is 1. The second-order valence-corrected chi connectivity index (χ2v) is 4.97. The maximum Gasteiger partial charge on any atom is 0.237 e. The molecule has 8 heteroatoms. The smallest absolute Gasteiger partial charge is 0.237 e. The Hall–Kier alpha value is -1.83. The molecule has 0 spiro atoms. The van der Waals surface area contributed by atoms with E-state index in [-0.39, 0.29) is 5.91 Å². The summed E-state index contributed by atoms with van der Waals surface area (Å²) in [5.74, 6) is 0.649. The minimum atomic E-state index is -0.111. The summed E-state index contributed by atoms with van der Waals surface area (Å²) < 4.78 is 2.03. The third-order valence-electron chi connectivity index (χ3n) is 2.57. The molecule has 2 heterocycles. The van der Waals surface area contributed by atoms with E-state index in [1.165, 1.54) is 24.6 Å². The number of nitrogens with zero attached hydrogens (tertiary/aromatic N) is 4. The number of carbonyl (C=O) groups excluding carboxylic acids is 1. The number of amides is 1. The number of nitrogens with one attached hydrogen (secondary N) is 2. The first-order valence-corrected chi connectivity index (χ1v) is 6.63. The minimum absolute atomic E-state index is 0.111. The highest BCUT2D eigenvalue weighted by atomic mass is 32.2. The van der Waals surface area contributed by atoms with E-state index in [1.54, 1.807) is 18.7 Å². The van der Waals surface area contributed by atoms with Crippen molar-refractivity contribution >= 4 is 23.6 Å². The van der Waals surface area contributed by atoms with Gasteiger partial charge in [0.05, 0.1) is 5.75 Å². The van der Waals surface area contributed by atoms with Gasteiger partial charge in [0.2, 0.25) is 11.9 Å². The zero-order valence-electron chi connectivity index (χ0n) is 9.54. The van der Waals surface area contributed by atoms with Gasteiger partial charge in [-0.1, -0.05) is 11.8 Å². The zero-order valence-corrected chi connectivity index (χ0v) is 10.4. The largest absolute Gasteiger partial charge is 0.331 e. The van der Waals surface area contributed by atoms with Gasteiger partial charge >= 0.3 is 0 Å². The van der Waals surface area contributed by atoms with Gasteiger partial charge in [-0.3, -0.25) is 10.1 Å². The first-order chi connectivity index (χ1) is 8.83. The number of imidazole rings is 1. The Balaban J connectivity index is 1.54. The van der Waals surface area contributed by atoms with Crippen LogP contribution in [-0.4, -0.2) is 36.4 Å². The van der Waals surface area contributed by atoms with E-state index >= 15 is 0 Å². The Kier molecular flexibility index (Phi) is 3.01. The van der Waals surface area contributed by atoms with Crippen molar-refractivity contribution in [3.63, 3.8) is 0 Å². The minimum Gasteiger partial charge on any atom is -0.331 e. The van der Waals surface area contributed by atoms with E-state index in [1.807, 2.05) is 4.57 Å². The molecule has 2 N–H and O–H groups in total. The van der Waals surface area contributed by atoms with Crippen molar-refractivity contribution in [1.29, 1.82) is 0 Å². The van der Waals surface area contributed by atoms with E-state index in [9.17, 15) is 4.79 Å². The van der Waals surface area contributed by atoms with E-state index < -0.39 is 0 Å². The Morgan fingerprint density at radius 2 is 2.50 bits per heavy atom. The summed E-state index contributed by atoms with van der Waals surface area (Å²) in [6.45, 7) is 0. The van der Waals surface area contributed by atoms with Gasteiger partial charge in [-0.05, 0) is 12.8 Å². The van der Waals surface area contributed by atoms with Crippen LogP contribution in [0.5, 0.6) is 0 Å². The normalized spacial score (nSPS) is 14.7. The van der Waals surface area contributed by atoms with Gasteiger partial charge in [0, 0.05) is 18.4 Å². The molecule has 1 fully saturated rings. The van der Waals surface area contributed by atoms with Crippen LogP contribution in [0.4, 0.5) is 5.95 Å². The van der Waals surface area contributed by atoms with Crippen molar-refractivity contribution in [3.8, 4) is 0 Å². The Morgan fingerprint density at radius 1 is 1.61 bits per heavy atom. The third kappa shape index (κ3) is 2.53. The van der Waals surface area contributed by atoms with Crippen LogP contribution in [-0.2, 0) is 4.79 Å². The second kappa shape index (κ2) is 4.81. The van der Waals surface area contributed by atoms with Crippen LogP contribution in [0.15, 0.2) is 23.9 Å². The molecule has 1 amide bonds. The molecule has 1 aliphatic carbocycles. The van der Waals surface area contributed by atoms with Crippen molar-refractivity contribution in [2.75, 3.05) is 11.1 Å². The van der Waals surface area contributed by atoms with Crippen LogP contribution in [0, 0.1) is 0 Å². The number of thioether (sulfide) groups is 1. The van der Waals surface area contributed by atoms with Crippen LogP contribution in [0.2, 0.25) is 0 Å². The first-order valence-electron chi connectivity index (χ1n) is 5.64. The maximum absolute atomic E-state index is 11.7. The lowest BCUT2D eigenvalue weighted by molar-refractivity contribution is -0.113. The molecule has 94 valence electrons. The van der Waals surface area contributed by atoms with Crippen molar-refractivity contribution < 1.29 is 4.79 Å². The Bertz CT molecular complexity index is 532. The van der Waals surface area contributed by atoms with Gasteiger partial charge in [-0.2, -0.15) is 0 Å². The van der Waals surface area contributed by atoms with Gasteiger partial charge in [0.1, 0.15) is 6.33 Å². The van der Waals surface area contributed by atoms with Crippen LogP contribution in [0.1, 0.15) is 18.9 Å². The van der Waals surface area contributed by atoms with Crippen molar-refractivity contribution in [3.05, 3.63) is 18.7 Å². The highest BCUT2D eigenvalue weighted by Crippen LogP contribution is 2.37. The Labute approximate surface area is 107 Å². The van der Waals surface area contributed by atoms with Crippen LogP contribution in [0.25, 0.3) is 0 Å². The van der Waals surface area contributed by atoms with Crippen LogP contribution in [0.3, 0.4) is 0 Å². The van der Waals surface area contributed by atoms with Gasteiger partial charge in [0.15, 0.2) is 5.16 Å². The monoisotopic (exact) mass is 264 g/mol. The van der Waals surface area contributed by atoms with E-state index in [2.05, 4.69) is 25.5 Å². The van der Waals surface area contributed by atoms with Gasteiger partial charge < -0.3 is 9.55 Å². The summed E-state index contributed by atoms with van der Waals surface area (Å²) in [6.07, 6.45) is 7.32. The molecule has 0 atom stereocenters. The summed E-state index contributed by atoms with van der Waals surface area (Å²) in [5.41, 5.74) is 0. The number of hydrogen-bond donors (Lipinski definition) is 2. The molecule has 2 aromatic heterocycles. The number of aromatic nitrogens is 5. The SMILES string of the molecule is O=C(CSc1nncn1C1CC1)Nc1ncc[nH]1. The van der Waals surface area contributed by atoms with Crippen molar-refractivity contribution in [2.24, 2.45) is 0 Å². The Morgan fingerprint density at radius 3 is 3.22 bits per heavy atom. The molecule has 2 aromatic rings. The van der Waals surface area contributed by atoms with Crippen molar-refractivity contribution in [2.45, 2.75) is 24.0 Å². The summed E-state index contributed by atoms with van der Waals surface area (Å²) in [6, 6.07) is 0.524. The number of anilines is 1. The fraction of sp³-hybridized carbons (Fsp3) is 0.400. The van der Waals surface area contributed by atoms with Gasteiger partial charge in [-0.25, -0.2) is 4.98 Å². The first kappa shape index (κ1) is 11.3. The summed E-state index contributed by atoms with van der Waals surface area (Å²) in [4.78, 5) is 18.4. The molecular formula is C10H12N6OS. The predicted molar refractivity (Wildman–Crippen MR) is 66.2 cm³/mol. The van der Waals surface area contributed by atoms with E-state index in [0.717, 1.165) is 5.16 Å². The van der Waals surface area contributed by atoms with Crippen molar-refractivity contribution in [1.82, 2.24) is 24.7 Å². The number of H-pyrrole nitrogens is 1. The van der Waals surface area contributed by atoms with Crippen LogP contribution >= 0.6 is 11.8 Å². The molecule has 7 nitrogen and oxygen atoms in total. The molecule has 0 bridgehead atoms. The molecule has 0 unspecified atom stereocenters. The predicted octanol–water partition coefficient (Wildman–Crippen LogP) is 1.07. The van der Waals surface area contributed by atoms with Crippen LogP contribution < -0.4 is 5.32 Å². The van der Waals surface area contributed by atoms with Gasteiger partial charge in [-0.15, -0.1) is 10.2 Å². The molecule has 1 aliphatic rings. The van der Waals surface area contributed by atoms with E-state index in [0.29, 0.717) is 17.7 Å². The maximum atomic E-state index is 11.7. The fourth-order valence-electron chi connectivity index (χ4n) is 1.57. The lowest BCUT2D eigenvalue weighted by Gasteiger charge is -2.03. The summed E-state index contributed by atoms with van der Waals surface area (Å²) in [7, 11) is 0. The zero-order chi connectivity index (χ0) is 12.4. The standard InChI is InChI=1S/C10H12N6OS/c17-8(14-9-11-3-4-12-9)5-18-10-15-13-6-16(10)7-1-2-7/h3-4,6-7H,1-2,5H2,(H2,11,12,14,17). The topological polar surface area (TPSA) is 88.5 Å².